The van der Waals surface area contributed by atoms with Crippen molar-refractivity contribution in [2.45, 2.75) is 27.2 Å². The molecule has 2 heterocycles. The number of rotatable bonds is 2. The molecular weight excluding hydrogens is 268 g/mol. The molecule has 4 heteroatoms. The van der Waals surface area contributed by atoms with Crippen molar-refractivity contribution >= 4 is 15.9 Å². The van der Waals surface area contributed by atoms with E-state index in [9.17, 15) is 0 Å². The highest BCUT2D eigenvalue weighted by Crippen LogP contribution is 2.24. The predicted molar refractivity (Wildman–Crippen MR) is 66.3 cm³/mol. The maximum absolute atomic E-state index is 5.51. The standard InChI is InChI=1S/C12H13BrN2O/c1-4-9-8(3)14-12(15-11(9)13)10-6-5-7(2)16-10/h5-6H,4H2,1-3H3. The van der Waals surface area contributed by atoms with Gasteiger partial charge in [-0.3, -0.25) is 0 Å². The summed E-state index contributed by atoms with van der Waals surface area (Å²) >= 11 is 3.47. The van der Waals surface area contributed by atoms with Gasteiger partial charge in [-0.15, -0.1) is 0 Å². The number of furan rings is 1. The number of aryl methyl sites for hydroxylation is 2. The third kappa shape index (κ3) is 2.02. The van der Waals surface area contributed by atoms with Crippen LogP contribution in [0.15, 0.2) is 21.2 Å². The molecule has 0 aromatic carbocycles. The second-order valence-corrected chi connectivity index (χ2v) is 4.42. The zero-order chi connectivity index (χ0) is 11.7. The Labute approximate surface area is 103 Å². The van der Waals surface area contributed by atoms with Crippen molar-refractivity contribution in [3.05, 3.63) is 33.8 Å². The van der Waals surface area contributed by atoms with Gasteiger partial charge >= 0.3 is 0 Å². The Balaban J connectivity index is 2.52. The van der Waals surface area contributed by atoms with E-state index in [4.69, 9.17) is 4.42 Å². The summed E-state index contributed by atoms with van der Waals surface area (Å²) in [5.41, 5.74) is 2.14. The van der Waals surface area contributed by atoms with Crippen LogP contribution in [0, 0.1) is 13.8 Å². The molecule has 0 aliphatic heterocycles. The number of nitrogens with zero attached hydrogens (tertiary/aromatic N) is 2. The van der Waals surface area contributed by atoms with Crippen LogP contribution in [0.1, 0.15) is 23.9 Å². The summed E-state index contributed by atoms with van der Waals surface area (Å²) in [5, 5.41) is 0. The predicted octanol–water partition coefficient (Wildman–Crippen LogP) is 3.68. The van der Waals surface area contributed by atoms with Gasteiger partial charge in [-0.25, -0.2) is 9.97 Å². The fourth-order valence-corrected chi connectivity index (χ4v) is 2.36. The van der Waals surface area contributed by atoms with Gasteiger partial charge in [0.15, 0.2) is 11.6 Å². The van der Waals surface area contributed by atoms with E-state index < -0.39 is 0 Å². The van der Waals surface area contributed by atoms with Gasteiger partial charge in [0.05, 0.1) is 0 Å². The van der Waals surface area contributed by atoms with Crippen LogP contribution in [0.2, 0.25) is 0 Å². The number of halogens is 1. The van der Waals surface area contributed by atoms with Gasteiger partial charge < -0.3 is 4.42 Å². The topological polar surface area (TPSA) is 38.9 Å². The molecule has 0 radical (unpaired) electrons. The zero-order valence-corrected chi connectivity index (χ0v) is 11.1. The van der Waals surface area contributed by atoms with Crippen molar-refractivity contribution in [1.82, 2.24) is 9.97 Å². The Bertz CT molecular complexity index is 496. The van der Waals surface area contributed by atoms with Gasteiger partial charge in [-0.05, 0) is 48.3 Å². The lowest BCUT2D eigenvalue weighted by Gasteiger charge is -2.06. The number of hydrogen-bond acceptors (Lipinski definition) is 3. The van der Waals surface area contributed by atoms with E-state index in [-0.39, 0.29) is 0 Å². The van der Waals surface area contributed by atoms with Gasteiger partial charge in [0.25, 0.3) is 0 Å². The first-order valence-electron chi connectivity index (χ1n) is 5.21. The van der Waals surface area contributed by atoms with Gasteiger partial charge in [-0.2, -0.15) is 0 Å². The number of aromatic nitrogens is 2. The van der Waals surface area contributed by atoms with Crippen molar-refractivity contribution in [3.8, 4) is 11.6 Å². The van der Waals surface area contributed by atoms with E-state index in [0.29, 0.717) is 11.6 Å². The first kappa shape index (κ1) is 11.3. The van der Waals surface area contributed by atoms with Crippen molar-refractivity contribution in [3.63, 3.8) is 0 Å². The molecule has 0 bridgehead atoms. The van der Waals surface area contributed by atoms with E-state index in [0.717, 1.165) is 28.0 Å². The molecule has 0 aliphatic carbocycles. The van der Waals surface area contributed by atoms with Crippen LogP contribution in [-0.4, -0.2) is 9.97 Å². The highest BCUT2D eigenvalue weighted by molar-refractivity contribution is 9.10. The molecule has 84 valence electrons. The summed E-state index contributed by atoms with van der Waals surface area (Å²) in [6.45, 7) is 5.99. The summed E-state index contributed by atoms with van der Waals surface area (Å²) in [7, 11) is 0. The van der Waals surface area contributed by atoms with E-state index >= 15 is 0 Å². The minimum absolute atomic E-state index is 0.634. The molecule has 0 aliphatic rings. The molecule has 2 rings (SSSR count). The normalized spacial score (nSPS) is 10.8. The Kier molecular flexibility index (Phi) is 3.10. The van der Waals surface area contributed by atoms with Crippen LogP contribution < -0.4 is 0 Å². The lowest BCUT2D eigenvalue weighted by molar-refractivity contribution is 0.543. The van der Waals surface area contributed by atoms with Crippen molar-refractivity contribution in [2.24, 2.45) is 0 Å². The summed E-state index contributed by atoms with van der Waals surface area (Å²) in [6, 6.07) is 3.80. The van der Waals surface area contributed by atoms with E-state index in [1.165, 1.54) is 0 Å². The zero-order valence-electron chi connectivity index (χ0n) is 9.54. The first-order chi connectivity index (χ1) is 7.61. The molecule has 2 aromatic heterocycles. The van der Waals surface area contributed by atoms with Gasteiger partial charge in [0, 0.05) is 11.3 Å². The van der Waals surface area contributed by atoms with Crippen molar-refractivity contribution in [1.29, 1.82) is 0 Å². The highest BCUT2D eigenvalue weighted by atomic mass is 79.9. The molecule has 0 saturated carbocycles. The largest absolute Gasteiger partial charge is 0.458 e. The SMILES string of the molecule is CCc1c(C)nc(-c2ccc(C)o2)nc1Br. The molecule has 0 fully saturated rings. The average Bonchev–Trinajstić information content (AvgIpc) is 2.64. The van der Waals surface area contributed by atoms with E-state index in [1.54, 1.807) is 0 Å². The monoisotopic (exact) mass is 280 g/mol. The fraction of sp³-hybridized carbons (Fsp3) is 0.333. The van der Waals surface area contributed by atoms with Crippen LogP contribution in [0.3, 0.4) is 0 Å². The Morgan fingerprint density at radius 2 is 2.00 bits per heavy atom. The van der Waals surface area contributed by atoms with Crippen LogP contribution in [-0.2, 0) is 6.42 Å². The molecule has 3 nitrogen and oxygen atoms in total. The van der Waals surface area contributed by atoms with Gasteiger partial charge in [0.2, 0.25) is 0 Å². The summed E-state index contributed by atoms with van der Waals surface area (Å²) < 4.78 is 6.36. The van der Waals surface area contributed by atoms with Crippen LogP contribution in [0.4, 0.5) is 0 Å². The third-order valence-electron chi connectivity index (χ3n) is 2.48. The quantitative estimate of drug-likeness (QED) is 0.788. The van der Waals surface area contributed by atoms with Gasteiger partial charge in [-0.1, -0.05) is 6.92 Å². The maximum atomic E-state index is 5.51. The summed E-state index contributed by atoms with van der Waals surface area (Å²) in [6.07, 6.45) is 0.921. The smallest absolute Gasteiger partial charge is 0.196 e. The average molecular weight is 281 g/mol. The fourth-order valence-electron chi connectivity index (χ4n) is 1.63. The van der Waals surface area contributed by atoms with Crippen molar-refractivity contribution < 1.29 is 4.42 Å². The van der Waals surface area contributed by atoms with E-state index in [1.807, 2.05) is 26.0 Å². The number of hydrogen-bond donors (Lipinski definition) is 0. The molecule has 2 aromatic rings. The second-order valence-electron chi connectivity index (χ2n) is 3.67. The minimum Gasteiger partial charge on any atom is -0.458 e. The van der Waals surface area contributed by atoms with Crippen LogP contribution >= 0.6 is 15.9 Å². The highest BCUT2D eigenvalue weighted by Gasteiger charge is 2.11. The molecule has 0 unspecified atom stereocenters. The van der Waals surface area contributed by atoms with Gasteiger partial charge in [0.1, 0.15) is 10.4 Å². The Morgan fingerprint density at radius 1 is 1.25 bits per heavy atom. The van der Waals surface area contributed by atoms with Crippen LogP contribution in [0.25, 0.3) is 11.6 Å². The molecular formula is C12H13BrN2O. The van der Waals surface area contributed by atoms with E-state index in [2.05, 4.69) is 32.8 Å². The molecule has 0 spiro atoms. The second kappa shape index (κ2) is 4.37. The molecule has 0 saturated heterocycles. The molecule has 0 N–H and O–H groups in total. The molecule has 16 heavy (non-hydrogen) atoms. The van der Waals surface area contributed by atoms with Crippen LogP contribution in [0.5, 0.6) is 0 Å². The summed E-state index contributed by atoms with van der Waals surface area (Å²) in [4.78, 5) is 8.85. The lowest BCUT2D eigenvalue weighted by atomic mass is 10.2. The minimum atomic E-state index is 0.634. The molecule has 0 atom stereocenters. The lowest BCUT2D eigenvalue weighted by Crippen LogP contribution is -1.98. The Hall–Kier alpha value is -1.16. The summed E-state index contributed by atoms with van der Waals surface area (Å²) in [5.74, 6) is 2.21. The third-order valence-corrected chi connectivity index (χ3v) is 3.13. The Morgan fingerprint density at radius 3 is 2.50 bits per heavy atom. The van der Waals surface area contributed by atoms with Crippen molar-refractivity contribution in [2.75, 3.05) is 0 Å². The maximum Gasteiger partial charge on any atom is 0.196 e. The first-order valence-corrected chi connectivity index (χ1v) is 6.01. The molecule has 0 amide bonds.